The van der Waals surface area contributed by atoms with Gasteiger partial charge >= 0.3 is 0 Å². The molecule has 0 radical (unpaired) electrons. The van der Waals surface area contributed by atoms with Crippen LogP contribution in [0, 0.1) is 0 Å². The molecule has 0 saturated carbocycles. The van der Waals surface area contributed by atoms with Crippen molar-refractivity contribution in [1.29, 1.82) is 0 Å². The molecule has 1 saturated heterocycles. The average Bonchev–Trinajstić information content (AvgIpc) is 3.29. The molecule has 1 N–H and O–H groups in total. The van der Waals surface area contributed by atoms with Gasteiger partial charge in [0.25, 0.3) is 5.91 Å². The summed E-state index contributed by atoms with van der Waals surface area (Å²) in [5, 5.41) is 12.1. The van der Waals surface area contributed by atoms with Crippen molar-refractivity contribution in [2.24, 2.45) is 0 Å². The highest BCUT2D eigenvalue weighted by Crippen LogP contribution is 2.26. The van der Waals surface area contributed by atoms with Gasteiger partial charge in [-0.1, -0.05) is 23.7 Å². The van der Waals surface area contributed by atoms with Crippen LogP contribution in [0.3, 0.4) is 0 Å². The van der Waals surface area contributed by atoms with Crippen LogP contribution in [0.5, 0.6) is 5.75 Å². The van der Waals surface area contributed by atoms with Crippen LogP contribution in [-0.2, 0) is 0 Å². The van der Waals surface area contributed by atoms with Gasteiger partial charge in [0.1, 0.15) is 5.75 Å². The average molecular weight is 409 g/mol. The molecule has 2 aromatic carbocycles. The number of nitrogens with one attached hydrogen (secondary N) is 1. The third kappa shape index (κ3) is 4.32. The fourth-order valence-corrected chi connectivity index (χ4v) is 3.58. The van der Waals surface area contributed by atoms with E-state index >= 15 is 0 Å². The van der Waals surface area contributed by atoms with Crippen molar-refractivity contribution in [2.75, 3.05) is 30.4 Å². The molecule has 4 rings (SSSR count). The Bertz CT molecular complexity index is 1020. The van der Waals surface area contributed by atoms with Gasteiger partial charge in [0.15, 0.2) is 5.82 Å². The molecular formula is C22H21ClN4O2. The molecule has 7 heteroatoms. The second-order valence-corrected chi connectivity index (χ2v) is 7.29. The standard InChI is InChI=1S/C22H21ClN4O2/c1-29-20-9-7-16(23)14-18(20)22(28)24-17-6-4-5-15(13-17)19-8-10-21(26-25-19)27-11-2-3-12-27/h4-10,13-14H,2-3,11-12H2,1H3,(H,24,28). The Balaban J connectivity index is 1.53. The number of hydrogen-bond donors (Lipinski definition) is 1. The van der Waals surface area contributed by atoms with Gasteiger partial charge in [-0.25, -0.2) is 0 Å². The van der Waals surface area contributed by atoms with Crippen LogP contribution in [0.1, 0.15) is 23.2 Å². The SMILES string of the molecule is COc1ccc(Cl)cc1C(=O)Nc1cccc(-c2ccc(N3CCCC3)nn2)c1. The van der Waals surface area contributed by atoms with Crippen LogP contribution in [0.15, 0.2) is 54.6 Å². The maximum atomic E-state index is 12.7. The topological polar surface area (TPSA) is 67.3 Å². The van der Waals surface area contributed by atoms with Crippen LogP contribution < -0.4 is 15.0 Å². The van der Waals surface area contributed by atoms with Crippen molar-refractivity contribution in [1.82, 2.24) is 10.2 Å². The third-order valence-electron chi connectivity index (χ3n) is 4.90. The quantitative estimate of drug-likeness (QED) is 0.665. The Morgan fingerprint density at radius 2 is 1.90 bits per heavy atom. The van der Waals surface area contributed by atoms with Gasteiger partial charge in [0.05, 0.1) is 18.4 Å². The molecule has 1 amide bonds. The van der Waals surface area contributed by atoms with Crippen LogP contribution >= 0.6 is 11.6 Å². The first kappa shape index (κ1) is 19.2. The first-order chi connectivity index (χ1) is 14.1. The summed E-state index contributed by atoms with van der Waals surface area (Å²) in [5.74, 6) is 1.08. The minimum Gasteiger partial charge on any atom is -0.496 e. The van der Waals surface area contributed by atoms with Gasteiger partial charge < -0.3 is 15.0 Å². The number of hydrogen-bond acceptors (Lipinski definition) is 5. The fourth-order valence-electron chi connectivity index (χ4n) is 3.41. The number of carbonyl (C=O) groups excluding carboxylic acids is 1. The minimum absolute atomic E-state index is 0.294. The molecule has 29 heavy (non-hydrogen) atoms. The molecule has 0 unspecified atom stereocenters. The summed E-state index contributed by atoms with van der Waals surface area (Å²) in [6, 6.07) is 16.4. The predicted molar refractivity (Wildman–Crippen MR) is 115 cm³/mol. The van der Waals surface area contributed by atoms with E-state index in [2.05, 4.69) is 20.4 Å². The second kappa shape index (κ2) is 8.49. The molecule has 1 aromatic heterocycles. The van der Waals surface area contributed by atoms with E-state index < -0.39 is 0 Å². The number of anilines is 2. The number of ether oxygens (including phenoxy) is 1. The molecule has 3 aromatic rings. The van der Waals surface area contributed by atoms with Crippen molar-refractivity contribution in [2.45, 2.75) is 12.8 Å². The number of aromatic nitrogens is 2. The molecule has 148 valence electrons. The zero-order chi connectivity index (χ0) is 20.2. The van der Waals surface area contributed by atoms with Crippen molar-refractivity contribution >= 4 is 29.0 Å². The maximum Gasteiger partial charge on any atom is 0.259 e. The summed E-state index contributed by atoms with van der Waals surface area (Å²) in [6.07, 6.45) is 2.39. The lowest BCUT2D eigenvalue weighted by Crippen LogP contribution is -2.19. The number of methoxy groups -OCH3 is 1. The third-order valence-corrected chi connectivity index (χ3v) is 5.14. The van der Waals surface area contributed by atoms with Crippen molar-refractivity contribution in [3.8, 4) is 17.0 Å². The van der Waals surface area contributed by atoms with Crippen molar-refractivity contribution in [3.05, 3.63) is 65.2 Å². The molecule has 2 heterocycles. The lowest BCUT2D eigenvalue weighted by molar-refractivity contribution is 0.102. The van der Waals surface area contributed by atoms with Gasteiger partial charge in [0.2, 0.25) is 0 Å². The summed E-state index contributed by atoms with van der Waals surface area (Å²) < 4.78 is 5.26. The molecule has 6 nitrogen and oxygen atoms in total. The molecule has 1 fully saturated rings. The monoisotopic (exact) mass is 408 g/mol. The van der Waals surface area contributed by atoms with Crippen molar-refractivity contribution in [3.63, 3.8) is 0 Å². The van der Waals surface area contributed by atoms with Crippen LogP contribution in [0.4, 0.5) is 11.5 Å². The van der Waals surface area contributed by atoms with Gasteiger partial charge in [-0.15, -0.1) is 10.2 Å². The molecule has 1 aliphatic heterocycles. The van der Waals surface area contributed by atoms with E-state index in [1.54, 1.807) is 18.2 Å². The zero-order valence-electron chi connectivity index (χ0n) is 16.1. The fraction of sp³-hybridized carbons (Fsp3) is 0.227. The van der Waals surface area contributed by atoms with Gasteiger partial charge in [0, 0.05) is 29.4 Å². The lowest BCUT2D eigenvalue weighted by atomic mass is 10.1. The maximum absolute atomic E-state index is 12.7. The highest BCUT2D eigenvalue weighted by Gasteiger charge is 2.15. The smallest absolute Gasteiger partial charge is 0.259 e. The number of halogens is 1. The van der Waals surface area contributed by atoms with Crippen molar-refractivity contribution < 1.29 is 9.53 Å². The van der Waals surface area contributed by atoms with Crippen LogP contribution in [-0.4, -0.2) is 36.3 Å². The van der Waals surface area contributed by atoms with E-state index in [9.17, 15) is 4.79 Å². The van der Waals surface area contributed by atoms with Gasteiger partial charge in [-0.2, -0.15) is 0 Å². The summed E-state index contributed by atoms with van der Waals surface area (Å²) in [6.45, 7) is 2.06. The Morgan fingerprint density at radius 1 is 1.07 bits per heavy atom. The molecule has 0 atom stereocenters. The van der Waals surface area contributed by atoms with Gasteiger partial charge in [-0.05, 0) is 55.3 Å². The van der Waals surface area contributed by atoms with Crippen LogP contribution in [0.25, 0.3) is 11.3 Å². The number of benzene rings is 2. The molecule has 0 bridgehead atoms. The van der Waals surface area contributed by atoms with E-state index in [0.29, 0.717) is 22.0 Å². The summed E-state index contributed by atoms with van der Waals surface area (Å²) in [5.41, 5.74) is 2.66. The second-order valence-electron chi connectivity index (χ2n) is 6.85. The Hall–Kier alpha value is -3.12. The number of nitrogens with zero attached hydrogens (tertiary/aromatic N) is 3. The summed E-state index contributed by atoms with van der Waals surface area (Å²) in [7, 11) is 1.52. The number of amides is 1. The Kier molecular flexibility index (Phi) is 5.62. The predicted octanol–water partition coefficient (Wildman–Crippen LogP) is 4.66. The van der Waals surface area contributed by atoms with Crippen LogP contribution in [0.2, 0.25) is 5.02 Å². The molecule has 0 spiro atoms. The van der Waals surface area contributed by atoms with E-state index in [0.717, 1.165) is 30.2 Å². The van der Waals surface area contributed by atoms with Gasteiger partial charge in [-0.3, -0.25) is 4.79 Å². The first-order valence-electron chi connectivity index (χ1n) is 9.48. The molecule has 0 aliphatic carbocycles. The Labute approximate surface area is 174 Å². The highest BCUT2D eigenvalue weighted by atomic mass is 35.5. The first-order valence-corrected chi connectivity index (χ1v) is 9.86. The molecular weight excluding hydrogens is 388 g/mol. The highest BCUT2D eigenvalue weighted by molar-refractivity contribution is 6.31. The lowest BCUT2D eigenvalue weighted by Gasteiger charge is -2.15. The zero-order valence-corrected chi connectivity index (χ0v) is 16.8. The summed E-state index contributed by atoms with van der Waals surface area (Å²) >= 11 is 6.03. The Morgan fingerprint density at radius 3 is 2.62 bits per heavy atom. The van der Waals surface area contributed by atoms with E-state index in [1.807, 2.05) is 36.4 Å². The van der Waals surface area contributed by atoms with E-state index in [1.165, 1.54) is 20.0 Å². The van der Waals surface area contributed by atoms with E-state index in [-0.39, 0.29) is 5.91 Å². The minimum atomic E-state index is -0.294. The number of rotatable bonds is 5. The summed E-state index contributed by atoms with van der Waals surface area (Å²) in [4.78, 5) is 14.9. The largest absolute Gasteiger partial charge is 0.496 e. The normalized spacial score (nSPS) is 13.4. The van der Waals surface area contributed by atoms with E-state index in [4.69, 9.17) is 16.3 Å². The number of carbonyl (C=O) groups is 1. The molecule has 1 aliphatic rings.